The predicted molar refractivity (Wildman–Crippen MR) is 41.9 cm³/mol. The van der Waals surface area contributed by atoms with Crippen LogP contribution in [0.25, 0.3) is 0 Å². The lowest BCUT2D eigenvalue weighted by Gasteiger charge is -2.10. The van der Waals surface area contributed by atoms with Crippen molar-refractivity contribution in [3.8, 4) is 0 Å². The number of rotatable bonds is 1. The lowest BCUT2D eigenvalue weighted by Crippen LogP contribution is -2.11. The lowest BCUT2D eigenvalue weighted by atomic mass is 10.1. The lowest BCUT2D eigenvalue weighted by molar-refractivity contribution is -0.385. The van der Waals surface area contributed by atoms with E-state index in [2.05, 4.69) is 0 Å². The number of halogens is 6. The molecule has 0 spiro atoms. The number of hydrogen-bond donors (Lipinski definition) is 0. The van der Waals surface area contributed by atoms with Crippen LogP contribution in [0.3, 0.4) is 0 Å². The summed E-state index contributed by atoms with van der Waals surface area (Å²) >= 11 is 0. The minimum atomic E-state index is -5.13. The monoisotopic (exact) mass is 258 g/mol. The van der Waals surface area contributed by atoms with Gasteiger partial charge in [-0.05, 0) is 6.07 Å². The average molecular weight is 258 g/mol. The van der Waals surface area contributed by atoms with Gasteiger partial charge in [-0.1, -0.05) is 0 Å². The van der Waals surface area contributed by atoms with Crippen molar-refractivity contribution in [1.29, 1.82) is 0 Å². The van der Waals surface area contributed by atoms with Crippen molar-refractivity contribution < 1.29 is 31.3 Å². The highest BCUT2D eigenvalue weighted by Crippen LogP contribution is 2.37. The maximum atomic E-state index is 12.2. The number of benzene rings is 1. The van der Waals surface area contributed by atoms with Gasteiger partial charge in [0.25, 0.3) is 5.69 Å². The van der Waals surface area contributed by atoms with Crippen molar-refractivity contribution >= 4 is 5.69 Å². The summed E-state index contributed by atoms with van der Waals surface area (Å²) < 4.78 is 73.1. The molecule has 1 radical (unpaired) electrons. The molecular weight excluding hydrogens is 256 g/mol. The molecule has 0 fully saturated rings. The number of nitro groups is 1. The van der Waals surface area contributed by atoms with E-state index in [1.54, 1.807) is 0 Å². The standard InChI is InChI=1S/C8H2F6NO2/c9-7(10,11)4-1-5(8(12,13)14)3-6(2-4)15(16)17/h1-2H. The third-order valence-electron chi connectivity index (χ3n) is 1.68. The second-order valence-electron chi connectivity index (χ2n) is 2.92. The Morgan fingerprint density at radius 1 is 1.06 bits per heavy atom. The van der Waals surface area contributed by atoms with E-state index >= 15 is 0 Å². The van der Waals surface area contributed by atoms with Crippen molar-refractivity contribution in [2.75, 3.05) is 0 Å². The topological polar surface area (TPSA) is 43.1 Å². The molecule has 0 atom stereocenters. The fraction of sp³-hybridized carbons (Fsp3) is 0.250. The molecule has 1 rings (SSSR count). The van der Waals surface area contributed by atoms with Gasteiger partial charge in [-0.15, -0.1) is 0 Å². The van der Waals surface area contributed by atoms with Crippen LogP contribution in [0, 0.1) is 16.2 Å². The Bertz CT molecular complexity index is 418. The van der Waals surface area contributed by atoms with Gasteiger partial charge in [0.1, 0.15) is 0 Å². The zero-order valence-electron chi connectivity index (χ0n) is 7.69. The third-order valence-corrected chi connectivity index (χ3v) is 1.68. The van der Waals surface area contributed by atoms with Gasteiger partial charge < -0.3 is 0 Å². The van der Waals surface area contributed by atoms with Crippen LogP contribution >= 0.6 is 0 Å². The van der Waals surface area contributed by atoms with Crippen LogP contribution in [-0.2, 0) is 12.4 Å². The van der Waals surface area contributed by atoms with Gasteiger partial charge in [-0.2, -0.15) is 26.3 Å². The van der Waals surface area contributed by atoms with Gasteiger partial charge >= 0.3 is 12.4 Å². The van der Waals surface area contributed by atoms with E-state index in [9.17, 15) is 36.5 Å². The Hall–Kier alpha value is -1.80. The van der Waals surface area contributed by atoms with Gasteiger partial charge in [-0.25, -0.2) is 0 Å². The van der Waals surface area contributed by atoms with Crippen LogP contribution in [0.4, 0.5) is 32.0 Å². The summed E-state index contributed by atoms with van der Waals surface area (Å²) in [5, 5.41) is 10.2. The van der Waals surface area contributed by atoms with Crippen LogP contribution in [-0.4, -0.2) is 4.92 Å². The third kappa shape index (κ3) is 3.08. The summed E-state index contributed by atoms with van der Waals surface area (Å²) in [5.41, 5.74) is -4.96. The van der Waals surface area contributed by atoms with Crippen molar-refractivity contribution in [3.63, 3.8) is 0 Å². The summed E-state index contributed by atoms with van der Waals surface area (Å²) in [7, 11) is 0. The Labute approximate surface area is 89.8 Å². The van der Waals surface area contributed by atoms with E-state index < -0.39 is 34.1 Å². The molecular formula is C8H2F6NO2. The minimum absolute atomic E-state index is 0.00472. The SMILES string of the molecule is O=[N+]([O-])c1[c]c(C(F)(F)F)cc(C(F)(F)F)c1. The molecule has 9 heteroatoms. The van der Waals surface area contributed by atoms with Gasteiger partial charge in [0, 0.05) is 6.07 Å². The number of nitrogens with zero attached hydrogens (tertiary/aromatic N) is 1. The Morgan fingerprint density at radius 3 is 1.94 bits per heavy atom. The summed E-state index contributed by atoms with van der Waals surface area (Å²) in [6, 6.07) is 1.04. The predicted octanol–water partition coefficient (Wildman–Crippen LogP) is 3.43. The van der Waals surface area contributed by atoms with Crippen molar-refractivity contribution in [2.45, 2.75) is 12.4 Å². The van der Waals surface area contributed by atoms with Crippen LogP contribution in [0.15, 0.2) is 12.1 Å². The van der Waals surface area contributed by atoms with E-state index in [0.717, 1.165) is 0 Å². The molecule has 0 bridgehead atoms. The Morgan fingerprint density at radius 2 is 1.59 bits per heavy atom. The molecule has 93 valence electrons. The van der Waals surface area contributed by atoms with Crippen LogP contribution in [0.1, 0.15) is 11.1 Å². The molecule has 0 amide bonds. The molecule has 0 N–H and O–H groups in total. The number of hydrogen-bond acceptors (Lipinski definition) is 2. The molecule has 17 heavy (non-hydrogen) atoms. The summed E-state index contributed by atoms with van der Waals surface area (Å²) in [6.07, 6.45) is -10.2. The van der Waals surface area contributed by atoms with E-state index in [0.29, 0.717) is 0 Å². The van der Waals surface area contributed by atoms with Gasteiger partial charge in [-0.3, -0.25) is 10.1 Å². The van der Waals surface area contributed by atoms with Crippen LogP contribution < -0.4 is 0 Å². The second kappa shape index (κ2) is 3.90. The average Bonchev–Trinajstić information content (AvgIpc) is 2.14. The first-order chi connectivity index (χ1) is 7.51. The van der Waals surface area contributed by atoms with E-state index in [1.807, 2.05) is 0 Å². The summed E-state index contributed by atoms with van der Waals surface area (Å²) in [4.78, 5) is 8.83. The molecule has 0 unspecified atom stereocenters. The second-order valence-corrected chi connectivity index (χ2v) is 2.92. The van der Waals surface area contributed by atoms with E-state index in [-0.39, 0.29) is 12.1 Å². The van der Waals surface area contributed by atoms with E-state index in [4.69, 9.17) is 0 Å². The maximum absolute atomic E-state index is 12.2. The summed E-state index contributed by atoms with van der Waals surface area (Å²) in [6.45, 7) is 0. The largest absolute Gasteiger partial charge is 0.417 e. The first-order valence-electron chi connectivity index (χ1n) is 3.88. The molecule has 0 aliphatic rings. The van der Waals surface area contributed by atoms with E-state index in [1.165, 1.54) is 6.07 Å². The van der Waals surface area contributed by atoms with Gasteiger partial charge in [0.2, 0.25) is 0 Å². The molecule has 1 aromatic carbocycles. The molecule has 0 heterocycles. The van der Waals surface area contributed by atoms with Gasteiger partial charge in [0.15, 0.2) is 0 Å². The molecule has 0 saturated heterocycles. The highest BCUT2D eigenvalue weighted by molar-refractivity contribution is 5.40. The Balaban J connectivity index is 3.45. The van der Waals surface area contributed by atoms with Gasteiger partial charge in [0.05, 0.1) is 22.1 Å². The first-order valence-corrected chi connectivity index (χ1v) is 3.88. The van der Waals surface area contributed by atoms with Crippen molar-refractivity contribution in [2.24, 2.45) is 0 Å². The molecule has 0 aliphatic heterocycles. The maximum Gasteiger partial charge on any atom is 0.417 e. The highest BCUT2D eigenvalue weighted by atomic mass is 19.4. The minimum Gasteiger partial charge on any atom is -0.258 e. The zero-order chi connectivity index (χ0) is 13.4. The van der Waals surface area contributed by atoms with Crippen molar-refractivity contribution in [1.82, 2.24) is 0 Å². The Kier molecular flexibility index (Phi) is 3.04. The summed E-state index contributed by atoms with van der Waals surface area (Å²) in [5.74, 6) is 0. The number of alkyl halides is 6. The number of non-ortho nitro benzene ring substituents is 1. The molecule has 0 aliphatic carbocycles. The quantitative estimate of drug-likeness (QED) is 0.440. The first kappa shape index (κ1) is 13.3. The highest BCUT2D eigenvalue weighted by Gasteiger charge is 2.38. The fourth-order valence-electron chi connectivity index (χ4n) is 0.969. The van der Waals surface area contributed by atoms with Crippen LogP contribution in [0.5, 0.6) is 0 Å². The zero-order valence-corrected chi connectivity index (χ0v) is 7.69. The number of nitro benzene ring substituents is 1. The van der Waals surface area contributed by atoms with Crippen molar-refractivity contribution in [3.05, 3.63) is 39.4 Å². The van der Waals surface area contributed by atoms with Crippen LogP contribution in [0.2, 0.25) is 0 Å². The molecule has 3 nitrogen and oxygen atoms in total. The smallest absolute Gasteiger partial charge is 0.258 e. The molecule has 0 aromatic heterocycles. The fourth-order valence-corrected chi connectivity index (χ4v) is 0.969. The normalized spacial score (nSPS) is 12.6. The molecule has 1 aromatic rings. The molecule has 0 saturated carbocycles.